The number of esters is 2. The van der Waals surface area contributed by atoms with Gasteiger partial charge >= 0.3 is 17.6 Å². The summed E-state index contributed by atoms with van der Waals surface area (Å²) < 4.78 is 15.2. The van der Waals surface area contributed by atoms with E-state index in [0.29, 0.717) is 11.0 Å². The molecular weight excluding hydrogens is 370 g/mol. The van der Waals surface area contributed by atoms with Crippen molar-refractivity contribution >= 4 is 28.7 Å². The van der Waals surface area contributed by atoms with E-state index in [-0.39, 0.29) is 11.3 Å². The molecule has 0 unspecified atom stereocenters. The molecule has 0 aliphatic heterocycles. The highest BCUT2D eigenvalue weighted by Crippen LogP contribution is 2.16. The van der Waals surface area contributed by atoms with Gasteiger partial charge in [-0.05, 0) is 25.1 Å². The molecule has 28 heavy (non-hydrogen) atoms. The molecule has 0 bridgehead atoms. The smallest absolute Gasteiger partial charge is 0.361 e. The number of ketones is 1. The third-order valence-corrected chi connectivity index (χ3v) is 3.97. The summed E-state index contributed by atoms with van der Waals surface area (Å²) in [5.41, 5.74) is -0.534. The molecule has 0 saturated heterocycles. The molecule has 0 saturated carbocycles. The molecule has 2 heterocycles. The van der Waals surface area contributed by atoms with E-state index in [1.54, 1.807) is 18.2 Å². The Morgan fingerprint density at radius 3 is 2.50 bits per heavy atom. The van der Waals surface area contributed by atoms with Gasteiger partial charge in [-0.1, -0.05) is 16.8 Å². The van der Waals surface area contributed by atoms with Crippen molar-refractivity contribution in [3.05, 3.63) is 57.2 Å². The first kappa shape index (κ1) is 19.0. The lowest BCUT2D eigenvalue weighted by molar-refractivity contribution is 0.0543. The fraction of sp³-hybridized carbons (Fsp3) is 0.222. The number of aromatic nitrogens is 3. The summed E-state index contributed by atoms with van der Waals surface area (Å²) in [6.45, 7) is 1.33. The molecule has 10 nitrogen and oxygen atoms in total. The average Bonchev–Trinajstić information content (AvgIpc) is 3.09. The van der Waals surface area contributed by atoms with Gasteiger partial charge in [0.15, 0.2) is 11.5 Å². The van der Waals surface area contributed by atoms with Crippen molar-refractivity contribution in [1.29, 1.82) is 0 Å². The topological polar surface area (TPSA) is 131 Å². The standard InChI is InChI=1S/C18H15N3O7/c1-9-4-5-13-10(6-9)7-11(16(23)28-13)12(22)8-21-15(18(25)27-3)14(19-20-21)17(24)26-2/h4-7H,8H2,1-3H3. The van der Waals surface area contributed by atoms with Crippen molar-refractivity contribution in [2.45, 2.75) is 13.5 Å². The number of Topliss-reactive ketones (excluding diaryl/α,β-unsaturated/α-hetero) is 1. The van der Waals surface area contributed by atoms with Crippen molar-refractivity contribution in [2.75, 3.05) is 14.2 Å². The molecule has 0 atom stereocenters. The van der Waals surface area contributed by atoms with E-state index in [4.69, 9.17) is 4.42 Å². The number of aryl methyl sites for hydroxylation is 1. The van der Waals surface area contributed by atoms with Crippen LogP contribution in [0.3, 0.4) is 0 Å². The van der Waals surface area contributed by atoms with Crippen LogP contribution in [0.15, 0.2) is 33.5 Å². The summed E-state index contributed by atoms with van der Waals surface area (Å²) in [5.74, 6) is -2.53. The van der Waals surface area contributed by atoms with Crippen LogP contribution in [0.4, 0.5) is 0 Å². The highest BCUT2D eigenvalue weighted by Gasteiger charge is 2.28. The van der Waals surface area contributed by atoms with Crippen molar-refractivity contribution in [2.24, 2.45) is 0 Å². The van der Waals surface area contributed by atoms with Gasteiger partial charge in [0.05, 0.1) is 14.2 Å². The van der Waals surface area contributed by atoms with Gasteiger partial charge in [-0.2, -0.15) is 0 Å². The van der Waals surface area contributed by atoms with E-state index in [1.165, 1.54) is 6.07 Å². The number of hydrogen-bond acceptors (Lipinski definition) is 9. The fourth-order valence-electron chi connectivity index (χ4n) is 2.62. The maximum atomic E-state index is 12.7. The Morgan fingerprint density at radius 2 is 1.82 bits per heavy atom. The van der Waals surface area contributed by atoms with E-state index in [1.807, 2.05) is 6.92 Å². The summed E-state index contributed by atoms with van der Waals surface area (Å²) in [4.78, 5) is 48.6. The van der Waals surface area contributed by atoms with Gasteiger partial charge in [0.2, 0.25) is 5.69 Å². The first-order valence-corrected chi connectivity index (χ1v) is 8.03. The number of methoxy groups -OCH3 is 2. The zero-order valence-electron chi connectivity index (χ0n) is 15.2. The minimum Gasteiger partial charge on any atom is -0.464 e. The van der Waals surface area contributed by atoms with Crippen LogP contribution in [-0.2, 0) is 16.0 Å². The van der Waals surface area contributed by atoms with E-state index >= 15 is 0 Å². The lowest BCUT2D eigenvalue weighted by Crippen LogP contribution is -2.23. The second-order valence-electron chi connectivity index (χ2n) is 5.84. The maximum absolute atomic E-state index is 12.7. The van der Waals surface area contributed by atoms with Crippen LogP contribution >= 0.6 is 0 Å². The molecule has 0 aliphatic rings. The Kier molecular flexibility index (Phi) is 5.03. The average molecular weight is 385 g/mol. The zero-order chi connectivity index (χ0) is 20.4. The number of rotatable bonds is 5. The Hall–Kier alpha value is -3.82. The highest BCUT2D eigenvalue weighted by atomic mass is 16.5. The number of fused-ring (bicyclic) bond motifs is 1. The minimum absolute atomic E-state index is 0.218. The molecule has 0 amide bonds. The van der Waals surface area contributed by atoms with E-state index in [2.05, 4.69) is 19.8 Å². The normalized spacial score (nSPS) is 10.7. The molecule has 10 heteroatoms. The van der Waals surface area contributed by atoms with Crippen LogP contribution in [0, 0.1) is 6.92 Å². The number of nitrogens with zero attached hydrogens (tertiary/aromatic N) is 3. The molecule has 0 spiro atoms. The summed E-state index contributed by atoms with van der Waals surface area (Å²) in [6, 6.07) is 6.58. The third-order valence-electron chi connectivity index (χ3n) is 3.97. The van der Waals surface area contributed by atoms with Gasteiger partial charge in [0.1, 0.15) is 17.7 Å². The maximum Gasteiger partial charge on any atom is 0.361 e. The van der Waals surface area contributed by atoms with Crippen LogP contribution in [0.2, 0.25) is 0 Å². The number of benzene rings is 1. The third kappa shape index (κ3) is 3.39. The molecule has 0 fully saturated rings. The van der Waals surface area contributed by atoms with Gasteiger partial charge in [0.25, 0.3) is 0 Å². The first-order valence-electron chi connectivity index (χ1n) is 8.03. The van der Waals surface area contributed by atoms with Gasteiger partial charge in [-0.15, -0.1) is 5.10 Å². The van der Waals surface area contributed by atoms with Crippen LogP contribution in [0.25, 0.3) is 11.0 Å². The molecule has 0 N–H and O–H groups in total. The molecule has 0 aliphatic carbocycles. The number of hydrogen-bond donors (Lipinski definition) is 0. The van der Waals surface area contributed by atoms with Gasteiger partial charge in [-0.25, -0.2) is 19.1 Å². The largest absolute Gasteiger partial charge is 0.464 e. The SMILES string of the molecule is COC(=O)c1nnn(CC(=O)c2cc3cc(C)ccc3oc2=O)c1C(=O)OC. The predicted molar refractivity (Wildman–Crippen MR) is 94.3 cm³/mol. The predicted octanol–water partition coefficient (Wildman–Crippen LogP) is 1.15. The molecule has 3 rings (SSSR count). The zero-order valence-corrected chi connectivity index (χ0v) is 15.2. The summed E-state index contributed by atoms with van der Waals surface area (Å²) in [7, 11) is 2.21. The molecule has 3 aromatic rings. The summed E-state index contributed by atoms with van der Waals surface area (Å²) in [5, 5.41) is 7.78. The number of carbonyl (C=O) groups is 3. The Balaban J connectivity index is 2.02. The molecule has 144 valence electrons. The van der Waals surface area contributed by atoms with E-state index in [9.17, 15) is 19.2 Å². The van der Waals surface area contributed by atoms with Crippen LogP contribution < -0.4 is 5.63 Å². The second-order valence-corrected chi connectivity index (χ2v) is 5.84. The molecule has 2 aromatic heterocycles. The van der Waals surface area contributed by atoms with Crippen LogP contribution in [0.1, 0.15) is 36.9 Å². The number of ether oxygens (including phenoxy) is 2. The summed E-state index contributed by atoms with van der Waals surface area (Å²) in [6.07, 6.45) is 0. The van der Waals surface area contributed by atoms with Gasteiger partial charge < -0.3 is 13.9 Å². The van der Waals surface area contributed by atoms with Crippen molar-refractivity contribution < 1.29 is 28.3 Å². The van der Waals surface area contributed by atoms with Crippen molar-refractivity contribution in [3.63, 3.8) is 0 Å². The van der Waals surface area contributed by atoms with Crippen molar-refractivity contribution in [3.8, 4) is 0 Å². The fourth-order valence-corrected chi connectivity index (χ4v) is 2.62. The number of carbonyl (C=O) groups excluding carboxylic acids is 3. The molecule has 1 aromatic carbocycles. The lowest BCUT2D eigenvalue weighted by Gasteiger charge is -2.06. The highest BCUT2D eigenvalue weighted by molar-refractivity contribution is 6.02. The first-order chi connectivity index (χ1) is 13.3. The Morgan fingerprint density at radius 1 is 1.11 bits per heavy atom. The van der Waals surface area contributed by atoms with E-state index < -0.39 is 35.6 Å². The van der Waals surface area contributed by atoms with Crippen molar-refractivity contribution in [1.82, 2.24) is 15.0 Å². The molecular formula is C18H15N3O7. The second kappa shape index (κ2) is 7.43. The quantitative estimate of drug-likeness (QED) is 0.360. The Bertz CT molecular complexity index is 1160. The summed E-state index contributed by atoms with van der Waals surface area (Å²) >= 11 is 0. The lowest BCUT2D eigenvalue weighted by atomic mass is 10.1. The monoisotopic (exact) mass is 385 g/mol. The Labute approximate surface area is 157 Å². The van der Waals surface area contributed by atoms with E-state index in [0.717, 1.165) is 24.5 Å². The van der Waals surface area contributed by atoms with Gasteiger partial charge in [0, 0.05) is 5.39 Å². The minimum atomic E-state index is -0.931. The van der Waals surface area contributed by atoms with Crippen LogP contribution in [0.5, 0.6) is 0 Å². The van der Waals surface area contributed by atoms with Gasteiger partial charge in [-0.3, -0.25) is 4.79 Å². The molecule has 0 radical (unpaired) electrons. The van der Waals surface area contributed by atoms with Crippen LogP contribution in [-0.4, -0.2) is 46.9 Å².